The van der Waals surface area contributed by atoms with E-state index in [0.29, 0.717) is 28.6 Å². The first-order valence-corrected chi connectivity index (χ1v) is 15.2. The van der Waals surface area contributed by atoms with Crippen LogP contribution in [0.5, 0.6) is 0 Å². The van der Waals surface area contributed by atoms with Gasteiger partial charge in [0.1, 0.15) is 0 Å². The van der Waals surface area contributed by atoms with Gasteiger partial charge in [-0.3, -0.25) is 0 Å². The highest BCUT2D eigenvalue weighted by molar-refractivity contribution is 6.11. The maximum atomic E-state index is 10.0. The normalized spacial score (nSPS) is 10.9. The fraction of sp³-hybridized carbons (Fsp3) is 0. The van der Waals surface area contributed by atoms with Crippen LogP contribution in [0, 0.1) is 22.7 Å². The molecule has 6 heteroatoms. The zero-order valence-corrected chi connectivity index (χ0v) is 25.0. The van der Waals surface area contributed by atoms with Gasteiger partial charge in [0.25, 0.3) is 0 Å². The van der Waals surface area contributed by atoms with Crippen molar-refractivity contribution in [3.05, 3.63) is 157 Å². The van der Waals surface area contributed by atoms with Crippen molar-refractivity contribution in [3.8, 4) is 63.1 Å². The Kier molecular flexibility index (Phi) is 6.80. The number of hydrogen-bond donors (Lipinski definition) is 0. The van der Waals surface area contributed by atoms with E-state index in [-0.39, 0.29) is 0 Å². The molecule has 0 atom stereocenters. The Morgan fingerprint density at radius 1 is 0.426 bits per heavy atom. The average Bonchev–Trinajstić information content (AvgIpc) is 3.48. The second kappa shape index (κ2) is 11.6. The molecular weight excluding hydrogens is 576 g/mol. The molecule has 2 aromatic heterocycles. The summed E-state index contributed by atoms with van der Waals surface area (Å²) in [5.41, 5.74) is 8.42. The van der Waals surface area contributed by atoms with Gasteiger partial charge in [0.15, 0.2) is 17.5 Å². The zero-order chi connectivity index (χ0) is 31.7. The summed E-state index contributed by atoms with van der Waals surface area (Å²) in [4.78, 5) is 14.9. The lowest BCUT2D eigenvalue weighted by atomic mass is 10.0. The first kappa shape index (κ1) is 27.6. The molecule has 0 spiro atoms. The number of nitriles is 2. The second-order valence-corrected chi connectivity index (χ2v) is 11.2. The summed E-state index contributed by atoms with van der Waals surface area (Å²) in [6.07, 6.45) is 0. The van der Waals surface area contributed by atoms with E-state index in [9.17, 15) is 10.5 Å². The molecule has 0 amide bonds. The van der Waals surface area contributed by atoms with Crippen molar-refractivity contribution in [1.82, 2.24) is 19.5 Å². The third-order valence-electron chi connectivity index (χ3n) is 8.31. The van der Waals surface area contributed by atoms with E-state index < -0.39 is 0 Å². The van der Waals surface area contributed by atoms with Crippen LogP contribution in [-0.4, -0.2) is 19.5 Å². The molecule has 47 heavy (non-hydrogen) atoms. The summed E-state index contributed by atoms with van der Waals surface area (Å²) in [5, 5.41) is 21.6. The molecule has 0 saturated heterocycles. The summed E-state index contributed by atoms with van der Waals surface area (Å²) >= 11 is 0. The molecule has 0 radical (unpaired) electrons. The van der Waals surface area contributed by atoms with Crippen LogP contribution in [0.2, 0.25) is 0 Å². The minimum Gasteiger partial charge on any atom is -0.308 e. The topological polar surface area (TPSA) is 91.2 Å². The van der Waals surface area contributed by atoms with E-state index in [1.54, 1.807) is 6.07 Å². The largest absolute Gasteiger partial charge is 0.308 e. The summed E-state index contributed by atoms with van der Waals surface area (Å²) in [6.45, 7) is 0. The van der Waals surface area contributed by atoms with Crippen LogP contribution in [0.4, 0.5) is 0 Å². The third kappa shape index (κ3) is 4.97. The molecule has 0 aliphatic heterocycles. The Morgan fingerprint density at radius 2 is 1.00 bits per heavy atom. The molecule has 0 N–H and O–H groups in total. The van der Waals surface area contributed by atoms with E-state index in [2.05, 4.69) is 47.0 Å². The number of para-hydroxylation sites is 1. The molecule has 0 fully saturated rings. The Labute approximate surface area is 271 Å². The standard InChI is InChI=1S/C41H24N6/c42-25-27-10-9-15-31(22-27)32-19-21-37-35(24-32)33-16-7-8-17-36(33)47(37)38-23-28(26-43)18-20-34(38)41-45-39(29-11-3-1-4-12-29)44-40(46-41)30-13-5-2-6-14-30/h1-24H. The van der Waals surface area contributed by atoms with Gasteiger partial charge in [0.05, 0.1) is 40.0 Å². The highest BCUT2D eigenvalue weighted by Crippen LogP contribution is 2.38. The van der Waals surface area contributed by atoms with Crippen LogP contribution in [-0.2, 0) is 0 Å². The van der Waals surface area contributed by atoms with Crippen LogP contribution in [0.25, 0.3) is 72.8 Å². The molecule has 8 aromatic rings. The van der Waals surface area contributed by atoms with Crippen molar-refractivity contribution in [1.29, 1.82) is 10.5 Å². The maximum Gasteiger partial charge on any atom is 0.166 e. The highest BCUT2D eigenvalue weighted by atomic mass is 15.1. The fourth-order valence-corrected chi connectivity index (χ4v) is 6.08. The van der Waals surface area contributed by atoms with Crippen molar-refractivity contribution >= 4 is 21.8 Å². The summed E-state index contributed by atoms with van der Waals surface area (Å²) in [5.74, 6) is 1.64. The number of benzene rings is 6. The molecule has 0 aliphatic rings. The summed E-state index contributed by atoms with van der Waals surface area (Å²) < 4.78 is 2.19. The van der Waals surface area contributed by atoms with Crippen molar-refractivity contribution in [3.63, 3.8) is 0 Å². The van der Waals surface area contributed by atoms with Crippen molar-refractivity contribution in [2.24, 2.45) is 0 Å². The molecule has 0 aliphatic carbocycles. The number of rotatable bonds is 5. The molecule has 6 nitrogen and oxygen atoms in total. The Morgan fingerprint density at radius 3 is 1.70 bits per heavy atom. The Bertz CT molecular complexity index is 2480. The fourth-order valence-electron chi connectivity index (χ4n) is 6.08. The lowest BCUT2D eigenvalue weighted by Crippen LogP contribution is -2.04. The predicted molar refractivity (Wildman–Crippen MR) is 185 cm³/mol. The number of fused-ring (bicyclic) bond motifs is 3. The van der Waals surface area contributed by atoms with E-state index in [0.717, 1.165) is 55.3 Å². The number of aromatic nitrogens is 4. The Hall–Kier alpha value is -6.89. The van der Waals surface area contributed by atoms with Gasteiger partial charge >= 0.3 is 0 Å². The van der Waals surface area contributed by atoms with Gasteiger partial charge in [-0.15, -0.1) is 0 Å². The van der Waals surface area contributed by atoms with Crippen molar-refractivity contribution < 1.29 is 0 Å². The first-order valence-electron chi connectivity index (χ1n) is 15.2. The minimum absolute atomic E-state index is 0.507. The molecule has 2 heterocycles. The van der Waals surface area contributed by atoms with Gasteiger partial charge < -0.3 is 4.57 Å². The van der Waals surface area contributed by atoms with Gasteiger partial charge in [0, 0.05) is 27.5 Å². The highest BCUT2D eigenvalue weighted by Gasteiger charge is 2.20. The van der Waals surface area contributed by atoms with Crippen LogP contribution in [0.3, 0.4) is 0 Å². The van der Waals surface area contributed by atoms with E-state index in [4.69, 9.17) is 15.0 Å². The Balaban J connectivity index is 1.40. The predicted octanol–water partition coefficient (Wildman–Crippen LogP) is 9.38. The van der Waals surface area contributed by atoms with Crippen LogP contribution < -0.4 is 0 Å². The maximum absolute atomic E-state index is 10.0. The summed E-state index contributed by atoms with van der Waals surface area (Å²) in [7, 11) is 0. The third-order valence-corrected chi connectivity index (χ3v) is 8.31. The van der Waals surface area contributed by atoms with Gasteiger partial charge in [-0.05, 0) is 59.7 Å². The monoisotopic (exact) mass is 600 g/mol. The SMILES string of the molecule is N#Cc1cccc(-c2ccc3c(c2)c2ccccc2n3-c2cc(C#N)ccc2-c2nc(-c3ccccc3)nc(-c3ccccc3)n2)c1. The quantitative estimate of drug-likeness (QED) is 0.196. The van der Waals surface area contributed by atoms with Crippen molar-refractivity contribution in [2.45, 2.75) is 0 Å². The lowest BCUT2D eigenvalue weighted by Gasteiger charge is -2.15. The van der Waals surface area contributed by atoms with Gasteiger partial charge in [-0.1, -0.05) is 97.1 Å². The van der Waals surface area contributed by atoms with E-state index in [1.165, 1.54) is 0 Å². The summed E-state index contributed by atoms with van der Waals surface area (Å²) in [6, 6.07) is 52.2. The first-order chi connectivity index (χ1) is 23.2. The zero-order valence-electron chi connectivity index (χ0n) is 25.0. The van der Waals surface area contributed by atoms with Crippen LogP contribution >= 0.6 is 0 Å². The number of nitrogens with zero attached hydrogens (tertiary/aromatic N) is 6. The smallest absolute Gasteiger partial charge is 0.166 e. The van der Waals surface area contributed by atoms with Crippen molar-refractivity contribution in [2.75, 3.05) is 0 Å². The molecule has 0 saturated carbocycles. The second-order valence-electron chi connectivity index (χ2n) is 11.2. The molecule has 6 aromatic carbocycles. The van der Waals surface area contributed by atoms with Gasteiger partial charge in [-0.25, -0.2) is 15.0 Å². The van der Waals surface area contributed by atoms with Crippen LogP contribution in [0.15, 0.2) is 146 Å². The molecular formula is C41H24N6. The molecule has 0 bridgehead atoms. The molecule has 0 unspecified atom stereocenters. The number of hydrogen-bond acceptors (Lipinski definition) is 5. The van der Waals surface area contributed by atoms with E-state index in [1.807, 2.05) is 109 Å². The van der Waals surface area contributed by atoms with Gasteiger partial charge in [-0.2, -0.15) is 10.5 Å². The van der Waals surface area contributed by atoms with E-state index >= 15 is 0 Å². The average molecular weight is 601 g/mol. The minimum atomic E-state index is 0.507. The molecule has 8 rings (SSSR count). The van der Waals surface area contributed by atoms with Crippen LogP contribution in [0.1, 0.15) is 11.1 Å². The lowest BCUT2D eigenvalue weighted by molar-refractivity contribution is 1.06. The molecule has 218 valence electrons. The van der Waals surface area contributed by atoms with Gasteiger partial charge in [0.2, 0.25) is 0 Å².